The van der Waals surface area contributed by atoms with E-state index in [-0.39, 0.29) is 5.41 Å². The summed E-state index contributed by atoms with van der Waals surface area (Å²) in [6.45, 7) is 12.7. The van der Waals surface area contributed by atoms with Gasteiger partial charge in [0, 0.05) is 51.0 Å². The van der Waals surface area contributed by atoms with Gasteiger partial charge in [-0.25, -0.2) is 9.97 Å². The number of piperazine rings is 1. The Balaban J connectivity index is 1.15. The van der Waals surface area contributed by atoms with Crippen molar-refractivity contribution in [3.05, 3.63) is 108 Å². The molecule has 1 aliphatic heterocycles. The summed E-state index contributed by atoms with van der Waals surface area (Å²) in [7, 11) is 0. The first kappa shape index (κ1) is 27.0. The molecule has 1 aliphatic rings. The Labute approximate surface area is 242 Å². The summed E-state index contributed by atoms with van der Waals surface area (Å²) < 4.78 is 6.36. The molecule has 6 rings (SSSR count). The zero-order valence-corrected chi connectivity index (χ0v) is 24.1. The minimum Gasteiger partial charge on any atom is -0.437 e. The predicted molar refractivity (Wildman–Crippen MR) is 166 cm³/mol. The topological polar surface area (TPSA) is 69.3 Å². The summed E-state index contributed by atoms with van der Waals surface area (Å²) in [4.78, 5) is 18.0. The maximum atomic E-state index is 6.36. The fourth-order valence-corrected chi connectivity index (χ4v) is 5.44. The van der Waals surface area contributed by atoms with Crippen LogP contribution in [0.15, 0.2) is 91.1 Å². The van der Waals surface area contributed by atoms with Gasteiger partial charge >= 0.3 is 0 Å². The standard InChI is InChI=1S/C34H38N6O/c1-34(2,3)27-14-7-8-17-30(27)41-32-29(16-10-18-35-32)37-33-36-28-15-9-13-26(31(28)38-33)24-40-21-19-39(20-22-40)23-25-11-5-4-6-12-25/h4-18H,19-24H2,1-3H3,(H2,36,37,38). The van der Waals surface area contributed by atoms with Crippen molar-refractivity contribution in [3.63, 3.8) is 0 Å². The molecule has 0 amide bonds. The van der Waals surface area contributed by atoms with Crippen LogP contribution in [0.2, 0.25) is 0 Å². The molecule has 210 valence electrons. The van der Waals surface area contributed by atoms with Crippen LogP contribution in [0, 0.1) is 0 Å². The maximum Gasteiger partial charge on any atom is 0.243 e. The summed E-state index contributed by atoms with van der Waals surface area (Å²) in [6, 6.07) is 29.1. The first-order valence-corrected chi connectivity index (χ1v) is 14.4. The van der Waals surface area contributed by atoms with Gasteiger partial charge in [-0.2, -0.15) is 0 Å². The highest BCUT2D eigenvalue weighted by molar-refractivity contribution is 5.82. The lowest BCUT2D eigenvalue weighted by molar-refractivity contribution is 0.122. The lowest BCUT2D eigenvalue weighted by Gasteiger charge is -2.34. The van der Waals surface area contributed by atoms with Crippen LogP contribution < -0.4 is 10.1 Å². The van der Waals surface area contributed by atoms with Gasteiger partial charge in [-0.15, -0.1) is 0 Å². The Hall–Kier alpha value is -4.20. The fourth-order valence-electron chi connectivity index (χ4n) is 5.44. The number of imidazole rings is 1. The monoisotopic (exact) mass is 546 g/mol. The molecule has 7 heteroatoms. The van der Waals surface area contributed by atoms with Crippen molar-refractivity contribution in [2.75, 3.05) is 31.5 Å². The van der Waals surface area contributed by atoms with Gasteiger partial charge in [0.1, 0.15) is 11.4 Å². The number of fused-ring (bicyclic) bond motifs is 1. The van der Waals surface area contributed by atoms with E-state index in [1.807, 2.05) is 30.3 Å². The number of ether oxygens (including phenoxy) is 1. The molecular weight excluding hydrogens is 508 g/mol. The number of hydrogen-bond acceptors (Lipinski definition) is 6. The van der Waals surface area contributed by atoms with Gasteiger partial charge in [-0.05, 0) is 40.8 Å². The number of pyridine rings is 1. The predicted octanol–water partition coefficient (Wildman–Crippen LogP) is 7.11. The Morgan fingerprint density at radius 2 is 1.54 bits per heavy atom. The normalized spacial score (nSPS) is 14.8. The number of aromatic amines is 1. The van der Waals surface area contributed by atoms with Crippen LogP contribution in [-0.2, 0) is 18.5 Å². The number of benzene rings is 3. The largest absolute Gasteiger partial charge is 0.437 e. The summed E-state index contributed by atoms with van der Waals surface area (Å²) in [5.74, 6) is 1.98. The third-order valence-electron chi connectivity index (χ3n) is 7.63. The van der Waals surface area contributed by atoms with Crippen molar-refractivity contribution < 1.29 is 4.74 Å². The van der Waals surface area contributed by atoms with E-state index in [0.717, 1.165) is 67.3 Å². The van der Waals surface area contributed by atoms with Gasteiger partial charge in [0.25, 0.3) is 0 Å². The molecule has 2 aromatic heterocycles. The minimum absolute atomic E-state index is 0.0529. The van der Waals surface area contributed by atoms with E-state index in [9.17, 15) is 0 Å². The summed E-state index contributed by atoms with van der Waals surface area (Å²) >= 11 is 0. The van der Waals surface area contributed by atoms with Crippen LogP contribution in [0.4, 0.5) is 11.6 Å². The molecule has 41 heavy (non-hydrogen) atoms. The molecule has 1 fully saturated rings. The summed E-state index contributed by atoms with van der Waals surface area (Å²) in [5.41, 5.74) is 6.44. The zero-order valence-electron chi connectivity index (χ0n) is 24.1. The summed E-state index contributed by atoms with van der Waals surface area (Å²) in [6.07, 6.45) is 1.75. The van der Waals surface area contributed by atoms with Crippen molar-refractivity contribution in [2.24, 2.45) is 0 Å². The molecule has 7 nitrogen and oxygen atoms in total. The zero-order chi connectivity index (χ0) is 28.2. The first-order valence-electron chi connectivity index (χ1n) is 14.4. The molecule has 3 aromatic carbocycles. The van der Waals surface area contributed by atoms with Crippen LogP contribution in [0.3, 0.4) is 0 Å². The quantitative estimate of drug-likeness (QED) is 0.216. The van der Waals surface area contributed by atoms with Gasteiger partial charge in [-0.1, -0.05) is 81.4 Å². The van der Waals surface area contributed by atoms with Crippen molar-refractivity contribution in [3.8, 4) is 11.6 Å². The highest BCUT2D eigenvalue weighted by atomic mass is 16.5. The van der Waals surface area contributed by atoms with Gasteiger partial charge in [0.2, 0.25) is 11.8 Å². The number of hydrogen-bond donors (Lipinski definition) is 2. The van der Waals surface area contributed by atoms with E-state index >= 15 is 0 Å². The van der Waals surface area contributed by atoms with Gasteiger partial charge in [0.05, 0.1) is 11.0 Å². The minimum atomic E-state index is -0.0529. The Morgan fingerprint density at radius 1 is 0.805 bits per heavy atom. The maximum absolute atomic E-state index is 6.36. The molecule has 0 spiro atoms. The van der Waals surface area contributed by atoms with Crippen LogP contribution in [-0.4, -0.2) is 50.9 Å². The highest BCUT2D eigenvalue weighted by Crippen LogP contribution is 2.36. The lowest BCUT2D eigenvalue weighted by atomic mass is 9.86. The number of nitrogens with one attached hydrogen (secondary N) is 2. The molecule has 5 aromatic rings. The Bertz CT molecular complexity index is 1600. The molecule has 3 heterocycles. The summed E-state index contributed by atoms with van der Waals surface area (Å²) in [5, 5.41) is 3.43. The second-order valence-corrected chi connectivity index (χ2v) is 11.8. The van der Waals surface area contributed by atoms with E-state index in [1.165, 1.54) is 11.1 Å². The lowest BCUT2D eigenvalue weighted by Crippen LogP contribution is -2.45. The molecule has 0 unspecified atom stereocenters. The molecule has 1 saturated heterocycles. The third-order valence-corrected chi connectivity index (χ3v) is 7.63. The first-order chi connectivity index (χ1) is 19.9. The van der Waals surface area contributed by atoms with E-state index in [0.29, 0.717) is 11.8 Å². The van der Waals surface area contributed by atoms with E-state index in [1.54, 1.807) is 6.20 Å². The molecule has 0 aliphatic carbocycles. The Morgan fingerprint density at radius 3 is 2.32 bits per heavy atom. The van der Waals surface area contributed by atoms with Crippen molar-refractivity contribution in [1.82, 2.24) is 24.8 Å². The number of H-pyrrole nitrogens is 1. The van der Waals surface area contributed by atoms with Crippen LogP contribution >= 0.6 is 0 Å². The number of para-hydroxylation sites is 2. The van der Waals surface area contributed by atoms with Crippen molar-refractivity contribution in [1.29, 1.82) is 0 Å². The van der Waals surface area contributed by atoms with Gasteiger partial charge in [-0.3, -0.25) is 9.80 Å². The number of nitrogens with zero attached hydrogens (tertiary/aromatic N) is 4. The second kappa shape index (κ2) is 11.7. The van der Waals surface area contributed by atoms with Crippen molar-refractivity contribution in [2.45, 2.75) is 39.3 Å². The number of anilines is 2. The Kier molecular flexibility index (Phi) is 7.72. The van der Waals surface area contributed by atoms with E-state index in [4.69, 9.17) is 9.72 Å². The van der Waals surface area contributed by atoms with Crippen molar-refractivity contribution >= 4 is 22.7 Å². The van der Waals surface area contributed by atoms with E-state index in [2.05, 4.69) is 100 Å². The SMILES string of the molecule is CC(C)(C)c1ccccc1Oc1ncccc1Nc1nc2c(CN3CCN(Cc4ccccc4)CC3)cccc2[nH]1. The molecule has 2 N–H and O–H groups in total. The average molecular weight is 547 g/mol. The number of rotatable bonds is 8. The molecule has 0 bridgehead atoms. The van der Waals surface area contributed by atoms with E-state index < -0.39 is 0 Å². The van der Waals surface area contributed by atoms with Crippen LogP contribution in [0.1, 0.15) is 37.5 Å². The molecule has 0 saturated carbocycles. The molecule has 0 radical (unpaired) electrons. The molecule has 0 atom stereocenters. The third kappa shape index (κ3) is 6.42. The number of aromatic nitrogens is 3. The smallest absolute Gasteiger partial charge is 0.243 e. The van der Waals surface area contributed by atoms with Gasteiger partial charge in [0.15, 0.2) is 0 Å². The molecular formula is C34H38N6O. The average Bonchev–Trinajstić information content (AvgIpc) is 3.39. The second-order valence-electron chi connectivity index (χ2n) is 11.8. The van der Waals surface area contributed by atoms with Gasteiger partial charge < -0.3 is 15.0 Å². The highest BCUT2D eigenvalue weighted by Gasteiger charge is 2.21. The van der Waals surface area contributed by atoms with Crippen LogP contribution in [0.5, 0.6) is 11.6 Å². The fraction of sp³-hybridized carbons (Fsp3) is 0.294. The van der Waals surface area contributed by atoms with Crippen LogP contribution in [0.25, 0.3) is 11.0 Å².